The zero-order valence-electron chi connectivity index (χ0n) is 10.4. The van der Waals surface area contributed by atoms with E-state index in [0.717, 1.165) is 0 Å². The number of ether oxygens (including phenoxy) is 1. The van der Waals surface area contributed by atoms with Gasteiger partial charge in [-0.15, -0.1) is 0 Å². The van der Waals surface area contributed by atoms with Crippen molar-refractivity contribution >= 4 is 43.9 Å². The Morgan fingerprint density at radius 1 is 0.706 bits per heavy atom. The fourth-order valence-electron chi connectivity index (χ4n) is 1.82. The van der Waals surface area contributed by atoms with Crippen LogP contribution >= 0.6 is 0 Å². The monoisotopic (exact) mass is 210 g/mol. The van der Waals surface area contributed by atoms with Gasteiger partial charge in [0.1, 0.15) is 0 Å². The number of rotatable bonds is 4. The van der Waals surface area contributed by atoms with Crippen LogP contribution in [0, 0.1) is 0 Å². The van der Waals surface area contributed by atoms with Gasteiger partial charge in [0.2, 0.25) is 0 Å². The molecule has 0 atom stereocenters. The summed E-state index contributed by atoms with van der Waals surface area (Å²) < 4.78 is 8.35. The molecule has 0 spiro atoms. The van der Waals surface area contributed by atoms with Crippen molar-refractivity contribution in [1.82, 2.24) is 0 Å². The zero-order valence-corrected chi connectivity index (χ0v) is 10.4. The van der Waals surface area contributed by atoms with Crippen LogP contribution < -0.4 is 8.47 Å². The fourth-order valence-corrected chi connectivity index (χ4v) is 1.82. The maximum absolute atomic E-state index is 5.77. The van der Waals surface area contributed by atoms with Crippen molar-refractivity contribution in [2.75, 3.05) is 0 Å². The van der Waals surface area contributed by atoms with Crippen molar-refractivity contribution in [2.45, 2.75) is 13.2 Å². The average molecular weight is 210 g/mol. The molecule has 0 radical (unpaired) electrons. The molecule has 0 aliphatic heterocycles. The number of hydrogen-bond acceptors (Lipinski definition) is 1. The van der Waals surface area contributed by atoms with Crippen LogP contribution in [-0.2, 0) is 18.0 Å². The van der Waals surface area contributed by atoms with E-state index in [1.807, 2.05) is 0 Å². The molecule has 0 N–H and O–H groups in total. The van der Waals surface area contributed by atoms with Gasteiger partial charge in [0.05, 0.1) is 0 Å². The maximum atomic E-state index is 5.77. The summed E-state index contributed by atoms with van der Waals surface area (Å²) in [6.45, 7) is 1.36. The molecule has 0 unspecified atom stereocenters. The molecule has 0 saturated carbocycles. The summed E-state index contributed by atoms with van der Waals surface area (Å²) in [5.41, 5.74) is 2.53. The molecule has 3 heteroatoms. The quantitative estimate of drug-likeness (QED) is 0.684. The van der Waals surface area contributed by atoms with Crippen LogP contribution in [0.4, 0.5) is 0 Å². The van der Waals surface area contributed by atoms with Gasteiger partial charge in [-0.25, -0.2) is 0 Å². The predicted octanol–water partition coefficient (Wildman–Crippen LogP) is 0.991. The second-order valence-corrected chi connectivity index (χ2v) is 4.35. The predicted molar refractivity (Wildman–Crippen MR) is 72.2 cm³/mol. The number of hydrogen-bond donors (Lipinski definition) is 0. The van der Waals surface area contributed by atoms with Crippen molar-refractivity contribution in [1.29, 1.82) is 0 Å². The summed E-state index contributed by atoms with van der Waals surface area (Å²) in [5, 5.41) is 0. The first kappa shape index (κ1) is 13.0. The third kappa shape index (κ3) is 3.79. The Bertz CT molecular complexity index is 452. The Labute approximate surface area is 121 Å². The fraction of sp³-hybridized carbons (Fsp3) is 0.143. The SMILES string of the molecule is [Li][c]1ccccc1COCc1cccc[c]1[Li]. The molecular formula is C14H12Li2O. The Hall–Kier alpha value is -0.405. The van der Waals surface area contributed by atoms with Gasteiger partial charge in [-0.05, 0) is 0 Å². The molecule has 2 aromatic rings. The van der Waals surface area contributed by atoms with Crippen molar-refractivity contribution in [3.63, 3.8) is 0 Å². The number of benzene rings is 2. The molecular weight excluding hydrogens is 198 g/mol. The average Bonchev–Trinajstić information content (AvgIpc) is 2.34. The van der Waals surface area contributed by atoms with Crippen LogP contribution in [0.25, 0.3) is 0 Å². The first-order chi connectivity index (χ1) is 8.27. The summed E-state index contributed by atoms with van der Waals surface area (Å²) in [4.78, 5) is 0. The van der Waals surface area contributed by atoms with Gasteiger partial charge in [0.25, 0.3) is 0 Å². The van der Waals surface area contributed by atoms with Gasteiger partial charge in [0.15, 0.2) is 0 Å². The summed E-state index contributed by atoms with van der Waals surface area (Å²) in [6.07, 6.45) is 0. The van der Waals surface area contributed by atoms with Crippen molar-refractivity contribution in [2.24, 2.45) is 0 Å². The first-order valence-electron chi connectivity index (χ1n) is 5.94. The Morgan fingerprint density at radius 3 is 1.53 bits per heavy atom. The molecule has 0 saturated heterocycles. The van der Waals surface area contributed by atoms with Crippen LogP contribution in [0.1, 0.15) is 11.1 Å². The molecule has 0 bridgehead atoms. The van der Waals surface area contributed by atoms with Crippen molar-refractivity contribution in [3.8, 4) is 0 Å². The molecule has 1 nitrogen and oxygen atoms in total. The van der Waals surface area contributed by atoms with E-state index in [4.69, 9.17) is 4.74 Å². The van der Waals surface area contributed by atoms with Gasteiger partial charge in [-0.2, -0.15) is 0 Å². The summed E-state index contributed by atoms with van der Waals surface area (Å²) >= 11 is 4.24. The molecule has 0 aromatic heterocycles. The van der Waals surface area contributed by atoms with E-state index in [1.165, 1.54) is 19.6 Å². The molecule has 0 aliphatic carbocycles. The first-order valence-corrected chi connectivity index (χ1v) is 5.94. The van der Waals surface area contributed by atoms with Crippen molar-refractivity contribution < 1.29 is 4.74 Å². The van der Waals surface area contributed by atoms with E-state index in [-0.39, 0.29) is 0 Å². The van der Waals surface area contributed by atoms with E-state index in [1.54, 1.807) is 0 Å². The molecule has 0 aliphatic rings. The molecule has 2 aromatic carbocycles. The van der Waals surface area contributed by atoms with Crippen LogP contribution in [0.3, 0.4) is 0 Å². The van der Waals surface area contributed by atoms with E-state index >= 15 is 0 Å². The van der Waals surface area contributed by atoms with E-state index in [9.17, 15) is 0 Å². The van der Waals surface area contributed by atoms with Crippen LogP contribution in [0.5, 0.6) is 0 Å². The minimum atomic E-state index is 0.682. The molecule has 0 amide bonds. The molecule has 17 heavy (non-hydrogen) atoms. The van der Waals surface area contributed by atoms with Crippen LogP contribution in [0.15, 0.2) is 48.5 Å². The molecule has 0 heterocycles. The molecule has 2 rings (SSSR count). The van der Waals surface area contributed by atoms with Gasteiger partial charge in [-0.1, -0.05) is 0 Å². The standard InChI is InChI=1S/C14H12O.2Li/c1-3-7-13(8-4-1)11-15-12-14-9-5-2-6-10-14;;/h1-7,9H,11-12H2;;. The zero-order chi connectivity index (χ0) is 12.1. The minimum absolute atomic E-state index is 0.682. The van der Waals surface area contributed by atoms with Gasteiger partial charge >= 0.3 is 122 Å². The normalized spacial score (nSPS) is 10.6. The van der Waals surface area contributed by atoms with E-state index in [0.29, 0.717) is 13.2 Å². The third-order valence-corrected chi connectivity index (χ3v) is 3.04. The topological polar surface area (TPSA) is 9.23 Å². The Kier molecular flexibility index (Phi) is 4.99. The second kappa shape index (κ2) is 6.51. The third-order valence-electron chi connectivity index (χ3n) is 3.04. The van der Waals surface area contributed by atoms with E-state index < -0.39 is 0 Å². The van der Waals surface area contributed by atoms with Gasteiger partial charge in [-0.3, -0.25) is 0 Å². The Morgan fingerprint density at radius 2 is 1.12 bits per heavy atom. The van der Waals surface area contributed by atoms with Crippen molar-refractivity contribution in [3.05, 3.63) is 59.7 Å². The summed E-state index contributed by atoms with van der Waals surface area (Å²) in [6, 6.07) is 16.7. The summed E-state index contributed by atoms with van der Waals surface area (Å²) in [5.74, 6) is 0. The van der Waals surface area contributed by atoms with Crippen LogP contribution in [0.2, 0.25) is 0 Å². The van der Waals surface area contributed by atoms with Gasteiger partial charge in [0, 0.05) is 0 Å². The van der Waals surface area contributed by atoms with Crippen LogP contribution in [-0.4, -0.2) is 35.4 Å². The molecule has 0 fully saturated rings. The van der Waals surface area contributed by atoms with E-state index in [2.05, 4.69) is 84.0 Å². The van der Waals surface area contributed by atoms with Gasteiger partial charge < -0.3 is 0 Å². The summed E-state index contributed by atoms with van der Waals surface area (Å²) in [7, 11) is 0. The Balaban J connectivity index is 1.93. The molecule has 76 valence electrons. The second-order valence-electron chi connectivity index (χ2n) is 4.35.